The molecule has 33 heavy (non-hydrogen) atoms. The molecule has 8 heteroatoms. The lowest BCUT2D eigenvalue weighted by Gasteiger charge is -2.56. The van der Waals surface area contributed by atoms with Gasteiger partial charge in [0.1, 0.15) is 0 Å². The lowest BCUT2D eigenvalue weighted by molar-refractivity contribution is -0.129. The van der Waals surface area contributed by atoms with E-state index < -0.39 is 0 Å². The first-order chi connectivity index (χ1) is 16.0. The Hall–Kier alpha value is -3.03. The summed E-state index contributed by atoms with van der Waals surface area (Å²) in [6.45, 7) is 0.224. The van der Waals surface area contributed by atoms with Crippen LogP contribution in [0.25, 0.3) is 11.3 Å². The second kappa shape index (κ2) is 7.78. The molecule has 4 fully saturated rings. The molecule has 0 atom stereocenters. The molecule has 4 aliphatic carbocycles. The first-order valence-electron chi connectivity index (χ1n) is 12.0. The standard InChI is InChI=1S/C25H30N4O4/c1-29-19(18-2-3-20-21(9-18)33-14-32-20)13-26-24(29)27-22(30)4-5-23(31)28-25-10-15-6-16(11-25)8-17(7-15)12-25/h2-3,9,13,15-17H,4-8,10-12,14H2,1H3,(H,28,31)(H,26,27,30). The minimum Gasteiger partial charge on any atom is -0.454 e. The van der Waals surface area contributed by atoms with Crippen LogP contribution in [0.2, 0.25) is 0 Å². The first kappa shape index (κ1) is 20.6. The lowest BCUT2D eigenvalue weighted by atomic mass is 9.53. The fraction of sp³-hybridized carbons (Fsp3) is 0.560. The topological polar surface area (TPSA) is 94.5 Å². The summed E-state index contributed by atoms with van der Waals surface area (Å²) in [4.78, 5) is 29.6. The molecule has 2 heterocycles. The highest BCUT2D eigenvalue weighted by molar-refractivity contribution is 5.92. The molecule has 2 aromatic rings. The number of nitrogens with one attached hydrogen (secondary N) is 2. The number of nitrogens with zero attached hydrogens (tertiary/aromatic N) is 2. The van der Waals surface area contributed by atoms with Gasteiger partial charge in [-0.1, -0.05) is 0 Å². The largest absolute Gasteiger partial charge is 0.454 e. The number of benzene rings is 1. The highest BCUT2D eigenvalue weighted by Crippen LogP contribution is 2.55. The van der Waals surface area contributed by atoms with Crippen molar-refractivity contribution in [3.05, 3.63) is 24.4 Å². The molecule has 1 aliphatic heterocycles. The van der Waals surface area contributed by atoms with Crippen molar-refractivity contribution in [1.29, 1.82) is 0 Å². The Balaban J connectivity index is 1.04. The Morgan fingerprint density at radius 2 is 1.70 bits per heavy atom. The average Bonchev–Trinajstić information content (AvgIpc) is 3.37. The van der Waals surface area contributed by atoms with Crippen LogP contribution >= 0.6 is 0 Å². The summed E-state index contributed by atoms with van der Waals surface area (Å²) in [6, 6.07) is 5.70. The number of fused-ring (bicyclic) bond motifs is 1. The van der Waals surface area contributed by atoms with Crippen molar-refractivity contribution >= 4 is 17.8 Å². The van der Waals surface area contributed by atoms with Crippen LogP contribution in [0.4, 0.5) is 5.95 Å². The van der Waals surface area contributed by atoms with Gasteiger partial charge in [-0.2, -0.15) is 0 Å². The van der Waals surface area contributed by atoms with Crippen molar-refractivity contribution in [2.45, 2.75) is 56.9 Å². The van der Waals surface area contributed by atoms with Crippen molar-refractivity contribution in [3.63, 3.8) is 0 Å². The van der Waals surface area contributed by atoms with Crippen LogP contribution in [0.15, 0.2) is 24.4 Å². The average molecular weight is 451 g/mol. The van der Waals surface area contributed by atoms with E-state index in [1.165, 1.54) is 19.3 Å². The molecule has 4 bridgehead atoms. The number of carbonyl (C=O) groups excluding carboxylic acids is 2. The van der Waals surface area contributed by atoms with E-state index >= 15 is 0 Å². The normalized spacial score (nSPS) is 28.7. The van der Waals surface area contributed by atoms with Crippen LogP contribution in [0.5, 0.6) is 11.5 Å². The number of ether oxygens (including phenoxy) is 2. The van der Waals surface area contributed by atoms with Crippen molar-refractivity contribution in [3.8, 4) is 22.8 Å². The number of aromatic nitrogens is 2. The number of hydrogen-bond donors (Lipinski definition) is 2. The van der Waals surface area contributed by atoms with Crippen molar-refractivity contribution in [1.82, 2.24) is 14.9 Å². The third-order valence-electron chi connectivity index (χ3n) is 7.93. The van der Waals surface area contributed by atoms with Crippen LogP contribution < -0.4 is 20.1 Å². The Labute approximate surface area is 193 Å². The second-order valence-electron chi connectivity index (χ2n) is 10.4. The quantitative estimate of drug-likeness (QED) is 0.701. The summed E-state index contributed by atoms with van der Waals surface area (Å²) < 4.78 is 12.6. The number of imidazole rings is 1. The van der Waals surface area contributed by atoms with Crippen LogP contribution in [-0.4, -0.2) is 33.7 Å². The van der Waals surface area contributed by atoms with Crippen molar-refractivity contribution in [2.24, 2.45) is 24.8 Å². The van der Waals surface area contributed by atoms with Gasteiger partial charge in [-0.25, -0.2) is 4.98 Å². The maximum absolute atomic E-state index is 12.7. The SMILES string of the molecule is Cn1c(-c2ccc3c(c2)OCO3)cnc1NC(=O)CCC(=O)NC12CC3CC(CC(C3)C1)C2. The van der Waals surface area contributed by atoms with Gasteiger partial charge in [0, 0.05) is 31.0 Å². The van der Waals surface area contributed by atoms with Gasteiger partial charge in [-0.05, 0) is 74.5 Å². The maximum atomic E-state index is 12.7. The van der Waals surface area contributed by atoms with Crippen LogP contribution in [-0.2, 0) is 16.6 Å². The smallest absolute Gasteiger partial charge is 0.231 e. The molecule has 7 rings (SSSR count). The van der Waals surface area contributed by atoms with Crippen molar-refractivity contribution < 1.29 is 19.1 Å². The third-order valence-corrected chi connectivity index (χ3v) is 7.93. The summed E-state index contributed by atoms with van der Waals surface area (Å²) in [5.74, 6) is 4.00. The molecule has 1 aromatic heterocycles. The van der Waals surface area contributed by atoms with Crippen LogP contribution in [0, 0.1) is 17.8 Å². The molecule has 0 saturated heterocycles. The Bertz CT molecular complexity index is 1070. The molecular formula is C25H30N4O4. The van der Waals surface area contributed by atoms with Gasteiger partial charge >= 0.3 is 0 Å². The molecule has 2 amide bonds. The van der Waals surface area contributed by atoms with Gasteiger partial charge in [0.25, 0.3) is 0 Å². The number of rotatable bonds is 6. The minimum absolute atomic E-state index is 0.00649. The van der Waals surface area contributed by atoms with E-state index in [0.29, 0.717) is 11.7 Å². The molecule has 5 aliphatic rings. The molecule has 0 radical (unpaired) electrons. The zero-order valence-electron chi connectivity index (χ0n) is 18.9. The summed E-state index contributed by atoms with van der Waals surface area (Å²) in [6.07, 6.45) is 9.44. The van der Waals surface area contributed by atoms with E-state index in [2.05, 4.69) is 15.6 Å². The van der Waals surface area contributed by atoms with E-state index in [1.54, 1.807) is 6.20 Å². The summed E-state index contributed by atoms with van der Waals surface area (Å²) in [7, 11) is 1.85. The highest BCUT2D eigenvalue weighted by atomic mass is 16.7. The number of amides is 2. The summed E-state index contributed by atoms with van der Waals surface area (Å²) in [5, 5.41) is 6.18. The Morgan fingerprint density at radius 3 is 2.42 bits per heavy atom. The fourth-order valence-corrected chi connectivity index (χ4v) is 6.89. The predicted octanol–water partition coefficient (Wildman–Crippen LogP) is 3.62. The first-order valence-corrected chi connectivity index (χ1v) is 12.0. The fourth-order valence-electron chi connectivity index (χ4n) is 6.89. The lowest BCUT2D eigenvalue weighted by Crippen LogP contribution is -2.59. The van der Waals surface area contributed by atoms with Crippen LogP contribution in [0.1, 0.15) is 51.4 Å². The highest BCUT2D eigenvalue weighted by Gasteiger charge is 2.51. The number of carbonyl (C=O) groups is 2. The molecular weight excluding hydrogens is 420 g/mol. The molecule has 0 unspecified atom stereocenters. The van der Waals surface area contributed by atoms with E-state index in [-0.39, 0.29) is 37.0 Å². The molecule has 1 aromatic carbocycles. The molecule has 8 nitrogen and oxygen atoms in total. The van der Waals surface area contributed by atoms with E-state index in [1.807, 2.05) is 29.8 Å². The summed E-state index contributed by atoms with van der Waals surface area (Å²) in [5.41, 5.74) is 1.76. The molecule has 174 valence electrons. The van der Waals surface area contributed by atoms with Gasteiger partial charge in [0.15, 0.2) is 11.5 Å². The summed E-state index contributed by atoms with van der Waals surface area (Å²) >= 11 is 0. The second-order valence-corrected chi connectivity index (χ2v) is 10.4. The number of hydrogen-bond acceptors (Lipinski definition) is 5. The van der Waals surface area contributed by atoms with Gasteiger partial charge in [0.05, 0.1) is 11.9 Å². The Kier molecular flexibility index (Phi) is 4.85. The van der Waals surface area contributed by atoms with E-state index in [0.717, 1.165) is 54.0 Å². The monoisotopic (exact) mass is 450 g/mol. The van der Waals surface area contributed by atoms with Gasteiger partial charge in [0.2, 0.25) is 24.6 Å². The predicted molar refractivity (Wildman–Crippen MR) is 122 cm³/mol. The molecule has 4 saturated carbocycles. The van der Waals surface area contributed by atoms with Crippen molar-refractivity contribution in [2.75, 3.05) is 12.1 Å². The number of anilines is 1. The van der Waals surface area contributed by atoms with E-state index in [4.69, 9.17) is 9.47 Å². The molecule has 2 N–H and O–H groups in total. The van der Waals surface area contributed by atoms with Crippen LogP contribution in [0.3, 0.4) is 0 Å². The molecule has 0 spiro atoms. The maximum Gasteiger partial charge on any atom is 0.231 e. The van der Waals surface area contributed by atoms with Gasteiger partial charge in [-0.15, -0.1) is 0 Å². The van der Waals surface area contributed by atoms with Gasteiger partial charge in [-0.3, -0.25) is 14.9 Å². The van der Waals surface area contributed by atoms with Gasteiger partial charge < -0.3 is 19.4 Å². The third kappa shape index (κ3) is 3.85. The minimum atomic E-state index is -0.207. The zero-order chi connectivity index (χ0) is 22.6. The Morgan fingerprint density at radius 1 is 1.03 bits per heavy atom. The van der Waals surface area contributed by atoms with E-state index in [9.17, 15) is 9.59 Å². The zero-order valence-corrected chi connectivity index (χ0v) is 18.9.